The number of amides is 2. The molecule has 0 bridgehead atoms. The van der Waals surface area contributed by atoms with Gasteiger partial charge in [0.2, 0.25) is 0 Å². The fraction of sp³-hybridized carbons (Fsp3) is 0.105. The van der Waals surface area contributed by atoms with Gasteiger partial charge in [-0.05, 0) is 63.6 Å². The van der Waals surface area contributed by atoms with E-state index in [1.54, 1.807) is 36.4 Å². The van der Waals surface area contributed by atoms with Gasteiger partial charge in [0.05, 0.1) is 23.0 Å². The summed E-state index contributed by atoms with van der Waals surface area (Å²) >= 11 is 7.27. The van der Waals surface area contributed by atoms with Crippen molar-refractivity contribution in [2.24, 2.45) is 0 Å². The van der Waals surface area contributed by atoms with Gasteiger partial charge in [0.15, 0.2) is 17.3 Å². The number of ketones is 1. The van der Waals surface area contributed by atoms with E-state index in [0.717, 1.165) is 21.1 Å². The van der Waals surface area contributed by atoms with E-state index in [1.807, 2.05) is 0 Å². The predicted octanol–water partition coefficient (Wildman–Crippen LogP) is 4.85. The van der Waals surface area contributed by atoms with Gasteiger partial charge < -0.3 is 9.84 Å². The zero-order valence-corrected chi connectivity index (χ0v) is 18.4. The van der Waals surface area contributed by atoms with Crippen LogP contribution in [-0.4, -0.2) is 40.6 Å². The number of rotatable bonds is 5. The first kappa shape index (κ1) is 20.6. The molecule has 1 aliphatic heterocycles. The first-order valence-corrected chi connectivity index (χ1v) is 10.3. The molecule has 0 aromatic heterocycles. The van der Waals surface area contributed by atoms with Gasteiger partial charge in [-0.2, -0.15) is 0 Å². The smallest absolute Gasteiger partial charge is 0.293 e. The summed E-state index contributed by atoms with van der Waals surface area (Å²) in [6.45, 7) is -0.327. The minimum Gasteiger partial charge on any atom is -0.503 e. The number of halogens is 2. The number of imide groups is 1. The fourth-order valence-electron chi connectivity index (χ4n) is 2.49. The molecule has 1 saturated heterocycles. The number of phenols is 1. The topological polar surface area (TPSA) is 83.9 Å². The lowest BCUT2D eigenvalue weighted by Gasteiger charge is -2.11. The van der Waals surface area contributed by atoms with Gasteiger partial charge in [0, 0.05) is 10.0 Å². The molecular weight excluding hydrogens is 514 g/mol. The van der Waals surface area contributed by atoms with Gasteiger partial charge >= 0.3 is 0 Å². The Kier molecular flexibility index (Phi) is 6.26. The highest BCUT2D eigenvalue weighted by atomic mass is 79.9. The van der Waals surface area contributed by atoms with Crippen LogP contribution in [-0.2, 0) is 4.79 Å². The van der Waals surface area contributed by atoms with Crippen molar-refractivity contribution >= 4 is 66.6 Å². The SMILES string of the molecule is COc1cc(/C=C2/SC(=O)N(CC(=O)c3ccc(Br)cc3)C2=O)cc(Br)c1O. The number of Topliss-reactive ketones (excluding diaryl/α,β-unsaturated/α-hetero) is 1. The Morgan fingerprint density at radius 1 is 1.21 bits per heavy atom. The Morgan fingerprint density at radius 2 is 1.89 bits per heavy atom. The number of carbonyl (C=O) groups excluding carboxylic acids is 3. The summed E-state index contributed by atoms with van der Waals surface area (Å²) in [6.07, 6.45) is 1.52. The third-order valence-electron chi connectivity index (χ3n) is 3.91. The van der Waals surface area contributed by atoms with Crippen LogP contribution in [0.5, 0.6) is 11.5 Å². The number of benzene rings is 2. The molecule has 2 amide bonds. The van der Waals surface area contributed by atoms with E-state index in [4.69, 9.17) is 4.74 Å². The molecule has 1 heterocycles. The van der Waals surface area contributed by atoms with Crippen molar-refractivity contribution in [3.05, 3.63) is 61.4 Å². The van der Waals surface area contributed by atoms with Crippen LogP contribution in [0, 0.1) is 0 Å². The van der Waals surface area contributed by atoms with Crippen molar-refractivity contribution in [2.75, 3.05) is 13.7 Å². The highest BCUT2D eigenvalue weighted by Gasteiger charge is 2.36. The van der Waals surface area contributed by atoms with Crippen molar-refractivity contribution in [3.63, 3.8) is 0 Å². The van der Waals surface area contributed by atoms with E-state index in [1.165, 1.54) is 13.2 Å². The summed E-state index contributed by atoms with van der Waals surface area (Å²) in [7, 11) is 1.41. The maximum atomic E-state index is 12.6. The number of nitrogens with zero attached hydrogens (tertiary/aromatic N) is 1. The molecule has 0 aliphatic carbocycles. The van der Waals surface area contributed by atoms with Gasteiger partial charge in [-0.15, -0.1) is 0 Å². The number of phenolic OH excluding ortho intramolecular Hbond substituents is 1. The Bertz CT molecular complexity index is 1000. The van der Waals surface area contributed by atoms with Gasteiger partial charge in [0.1, 0.15) is 0 Å². The average Bonchev–Trinajstić information content (AvgIpc) is 2.92. The summed E-state index contributed by atoms with van der Waals surface area (Å²) in [5.41, 5.74) is 0.977. The molecule has 2 aromatic rings. The van der Waals surface area contributed by atoms with Crippen LogP contribution in [0.15, 0.2) is 50.2 Å². The molecule has 28 heavy (non-hydrogen) atoms. The van der Waals surface area contributed by atoms with Crippen LogP contribution in [0.25, 0.3) is 6.08 Å². The van der Waals surface area contributed by atoms with Gasteiger partial charge in [-0.1, -0.05) is 28.1 Å². The summed E-state index contributed by atoms with van der Waals surface area (Å²) in [4.78, 5) is 38.4. The predicted molar refractivity (Wildman–Crippen MR) is 114 cm³/mol. The number of hydrogen-bond acceptors (Lipinski definition) is 6. The summed E-state index contributed by atoms with van der Waals surface area (Å²) in [5.74, 6) is -0.702. The second-order valence-electron chi connectivity index (χ2n) is 5.75. The van der Waals surface area contributed by atoms with E-state index >= 15 is 0 Å². The second-order valence-corrected chi connectivity index (χ2v) is 8.51. The zero-order valence-electron chi connectivity index (χ0n) is 14.4. The van der Waals surface area contributed by atoms with E-state index in [-0.39, 0.29) is 28.7 Å². The van der Waals surface area contributed by atoms with Gasteiger partial charge in [-0.3, -0.25) is 19.3 Å². The molecule has 0 atom stereocenters. The van der Waals surface area contributed by atoms with Gasteiger partial charge in [-0.25, -0.2) is 0 Å². The number of carbonyl (C=O) groups is 3. The molecule has 1 aliphatic rings. The molecule has 3 rings (SSSR count). The molecule has 2 aromatic carbocycles. The molecule has 1 N–H and O–H groups in total. The van der Waals surface area contributed by atoms with E-state index < -0.39 is 11.1 Å². The van der Waals surface area contributed by atoms with Crippen LogP contribution in [0.1, 0.15) is 15.9 Å². The lowest BCUT2D eigenvalue weighted by Crippen LogP contribution is -2.33. The maximum Gasteiger partial charge on any atom is 0.293 e. The van der Waals surface area contributed by atoms with Crippen LogP contribution in [0.3, 0.4) is 0 Å². The highest BCUT2D eigenvalue weighted by molar-refractivity contribution is 9.10. The molecule has 0 spiro atoms. The quantitative estimate of drug-likeness (QED) is 0.443. The number of aromatic hydroxyl groups is 1. The summed E-state index contributed by atoms with van der Waals surface area (Å²) < 4.78 is 6.30. The van der Waals surface area contributed by atoms with Gasteiger partial charge in [0.25, 0.3) is 11.1 Å². The number of methoxy groups -OCH3 is 1. The highest BCUT2D eigenvalue weighted by Crippen LogP contribution is 2.38. The Labute approximate surface area is 181 Å². The van der Waals surface area contributed by atoms with Crippen LogP contribution >= 0.6 is 43.6 Å². The Hall–Kier alpha value is -2.10. The molecule has 0 unspecified atom stereocenters. The first-order valence-electron chi connectivity index (χ1n) is 7.90. The standard InChI is InChI=1S/C19H13Br2NO5S/c1-27-15-7-10(6-13(21)17(15)24)8-16-18(25)22(19(26)28-16)9-14(23)11-2-4-12(20)5-3-11/h2-8,24H,9H2,1H3/b16-8+. The number of thioether (sulfide) groups is 1. The van der Waals surface area contributed by atoms with Crippen molar-refractivity contribution < 1.29 is 24.2 Å². The lowest BCUT2D eigenvalue weighted by atomic mass is 10.1. The minimum absolute atomic E-state index is 0.0622. The van der Waals surface area contributed by atoms with Crippen LogP contribution < -0.4 is 4.74 Å². The second kappa shape index (κ2) is 8.50. The summed E-state index contributed by atoms with van der Waals surface area (Å²) in [5, 5.41) is 9.37. The zero-order chi connectivity index (χ0) is 20.4. The Morgan fingerprint density at radius 3 is 2.54 bits per heavy atom. The Balaban J connectivity index is 1.81. The lowest BCUT2D eigenvalue weighted by molar-refractivity contribution is -0.122. The van der Waals surface area contributed by atoms with E-state index in [9.17, 15) is 19.5 Å². The van der Waals surface area contributed by atoms with Crippen molar-refractivity contribution in [2.45, 2.75) is 0 Å². The van der Waals surface area contributed by atoms with Crippen molar-refractivity contribution in [3.8, 4) is 11.5 Å². The first-order chi connectivity index (χ1) is 13.3. The molecule has 0 radical (unpaired) electrons. The largest absolute Gasteiger partial charge is 0.503 e. The van der Waals surface area contributed by atoms with Crippen molar-refractivity contribution in [1.82, 2.24) is 4.90 Å². The van der Waals surface area contributed by atoms with E-state index in [0.29, 0.717) is 15.6 Å². The fourth-order valence-corrected chi connectivity index (χ4v) is 4.05. The molecule has 144 valence electrons. The third-order valence-corrected chi connectivity index (χ3v) is 5.95. The normalized spacial score (nSPS) is 15.4. The molecule has 9 heteroatoms. The maximum absolute atomic E-state index is 12.6. The van der Waals surface area contributed by atoms with Crippen molar-refractivity contribution in [1.29, 1.82) is 0 Å². The third kappa shape index (κ3) is 4.31. The average molecular weight is 527 g/mol. The number of ether oxygens (including phenoxy) is 1. The number of hydrogen-bond donors (Lipinski definition) is 1. The van der Waals surface area contributed by atoms with E-state index in [2.05, 4.69) is 31.9 Å². The molecular formula is C19H13Br2NO5S. The molecule has 6 nitrogen and oxygen atoms in total. The van der Waals surface area contributed by atoms with Crippen LogP contribution in [0.2, 0.25) is 0 Å². The van der Waals surface area contributed by atoms with Crippen LogP contribution in [0.4, 0.5) is 4.79 Å². The molecule has 1 fully saturated rings. The minimum atomic E-state index is -0.538. The monoisotopic (exact) mass is 525 g/mol. The summed E-state index contributed by atoms with van der Waals surface area (Å²) in [6, 6.07) is 9.83. The molecule has 0 saturated carbocycles.